The van der Waals surface area contributed by atoms with Crippen LogP contribution in [0.15, 0.2) is 65.7 Å². The third kappa shape index (κ3) is 9.26. The number of carbonyl (C=O) groups excluding carboxylic acids is 4. The molecule has 0 bridgehead atoms. The van der Waals surface area contributed by atoms with E-state index < -0.39 is 33.7 Å². The zero-order valence-electron chi connectivity index (χ0n) is 23.8. The number of esters is 1. The molecule has 0 saturated carbocycles. The van der Waals surface area contributed by atoms with Crippen molar-refractivity contribution in [2.45, 2.75) is 24.7 Å². The van der Waals surface area contributed by atoms with E-state index >= 15 is 0 Å². The Morgan fingerprint density at radius 3 is 2.14 bits per heavy atom. The van der Waals surface area contributed by atoms with E-state index in [9.17, 15) is 27.6 Å². The third-order valence-corrected chi connectivity index (χ3v) is 7.27. The molecule has 0 spiro atoms. The van der Waals surface area contributed by atoms with Crippen LogP contribution >= 0.6 is 0 Å². The first-order valence-corrected chi connectivity index (χ1v) is 14.6. The lowest BCUT2D eigenvalue weighted by molar-refractivity contribution is -0.142. The molecule has 0 unspecified atom stereocenters. The number of hydrogen-bond donors (Lipinski definition) is 3. The molecular weight excluding hydrogens is 580 g/mol. The van der Waals surface area contributed by atoms with Gasteiger partial charge in [-0.05, 0) is 66.9 Å². The molecule has 2 aromatic carbocycles. The van der Waals surface area contributed by atoms with Gasteiger partial charge in [-0.25, -0.2) is 13.1 Å². The first-order valence-electron chi connectivity index (χ1n) is 13.1. The molecule has 3 N–H and O–H groups in total. The summed E-state index contributed by atoms with van der Waals surface area (Å²) >= 11 is 0. The molecule has 1 aromatic heterocycles. The van der Waals surface area contributed by atoms with Crippen molar-refractivity contribution in [1.82, 2.24) is 20.3 Å². The van der Waals surface area contributed by atoms with Gasteiger partial charge in [0.25, 0.3) is 27.7 Å². The summed E-state index contributed by atoms with van der Waals surface area (Å²) in [5.74, 6) is -1.47. The minimum Gasteiger partial charge on any atom is -0.493 e. The molecule has 3 aromatic rings. The van der Waals surface area contributed by atoms with Gasteiger partial charge in [-0.3, -0.25) is 24.2 Å². The van der Waals surface area contributed by atoms with E-state index in [4.69, 9.17) is 14.2 Å². The number of rotatable bonds is 14. The molecule has 43 heavy (non-hydrogen) atoms. The lowest BCUT2D eigenvalue weighted by atomic mass is 10.1. The highest BCUT2D eigenvalue weighted by Crippen LogP contribution is 2.27. The summed E-state index contributed by atoms with van der Waals surface area (Å²) in [6.07, 6.45) is 2.20. The summed E-state index contributed by atoms with van der Waals surface area (Å²) in [7, 11) is -1.20. The van der Waals surface area contributed by atoms with Crippen LogP contribution in [0.3, 0.4) is 0 Å². The number of amides is 3. The van der Waals surface area contributed by atoms with Gasteiger partial charge in [-0.2, -0.15) is 0 Å². The second-order valence-corrected chi connectivity index (χ2v) is 10.7. The Balaban J connectivity index is 1.53. The number of carbonyl (C=O) groups is 4. The fourth-order valence-corrected chi connectivity index (χ4v) is 4.63. The molecule has 0 aliphatic heterocycles. The number of aromatic nitrogens is 1. The first-order chi connectivity index (χ1) is 20.6. The van der Waals surface area contributed by atoms with Gasteiger partial charge in [-0.15, -0.1) is 0 Å². The topological polar surface area (TPSA) is 179 Å². The van der Waals surface area contributed by atoms with Crippen molar-refractivity contribution < 1.29 is 41.8 Å². The van der Waals surface area contributed by atoms with Gasteiger partial charge in [0.15, 0.2) is 11.5 Å². The molecule has 13 nitrogen and oxygen atoms in total. The number of ether oxygens (including phenoxy) is 3. The number of pyridine rings is 1. The van der Waals surface area contributed by atoms with Crippen molar-refractivity contribution in [1.29, 1.82) is 0 Å². The maximum Gasteiger partial charge on any atom is 0.325 e. The first kappa shape index (κ1) is 32.5. The van der Waals surface area contributed by atoms with Crippen LogP contribution in [-0.2, 0) is 26.0 Å². The molecule has 0 radical (unpaired) electrons. The quantitative estimate of drug-likeness (QED) is 0.228. The largest absolute Gasteiger partial charge is 0.493 e. The van der Waals surface area contributed by atoms with Crippen LogP contribution < -0.4 is 24.8 Å². The van der Waals surface area contributed by atoms with Gasteiger partial charge in [0.1, 0.15) is 12.2 Å². The molecule has 0 aliphatic rings. The maximum atomic E-state index is 12.7. The van der Waals surface area contributed by atoms with Crippen molar-refractivity contribution >= 4 is 33.7 Å². The van der Waals surface area contributed by atoms with Gasteiger partial charge < -0.3 is 24.8 Å². The number of hydrogen-bond acceptors (Lipinski definition) is 10. The molecule has 3 amide bonds. The molecule has 0 saturated heterocycles. The Labute approximate surface area is 249 Å². The summed E-state index contributed by atoms with van der Waals surface area (Å²) < 4.78 is 42.8. The highest BCUT2D eigenvalue weighted by atomic mass is 32.2. The summed E-state index contributed by atoms with van der Waals surface area (Å²) in [6.45, 7) is 2.05. The van der Waals surface area contributed by atoms with Gasteiger partial charge in [-0.1, -0.05) is 13.0 Å². The van der Waals surface area contributed by atoms with Crippen molar-refractivity contribution in [3.63, 3.8) is 0 Å². The average Bonchev–Trinajstić information content (AvgIpc) is 3.02. The molecule has 3 rings (SSSR count). The summed E-state index contributed by atoms with van der Waals surface area (Å²) in [4.78, 5) is 52.4. The standard InChI is InChI=1S/C29H32N4O9S/c1-4-15-42-26(34)18-32-29(37)23-11-8-21(17-31-23)28(36)33-43(38,39)22-9-6-20(7-10-22)27(35)30-14-13-19-5-12-24(40-2)25(16-19)41-3/h5-12,16-17H,4,13-15,18H2,1-3H3,(H,30,35)(H,32,37)(H,33,36). The van der Waals surface area contributed by atoms with Crippen LogP contribution in [0.1, 0.15) is 50.1 Å². The number of nitrogens with one attached hydrogen (secondary N) is 3. The molecule has 0 fully saturated rings. The second kappa shape index (κ2) is 15.3. The fraction of sp³-hybridized carbons (Fsp3) is 0.276. The Hall–Kier alpha value is -4.98. The summed E-state index contributed by atoms with van der Waals surface area (Å²) in [6, 6.07) is 13.0. The van der Waals surface area contributed by atoms with Crippen LogP contribution in [0.2, 0.25) is 0 Å². The monoisotopic (exact) mass is 612 g/mol. The molecule has 14 heteroatoms. The molecule has 1 heterocycles. The Morgan fingerprint density at radius 2 is 1.51 bits per heavy atom. The normalized spacial score (nSPS) is 10.8. The van der Waals surface area contributed by atoms with Crippen LogP contribution in [0.5, 0.6) is 11.5 Å². The SMILES string of the molecule is CCCOC(=O)CNC(=O)c1ccc(C(=O)NS(=O)(=O)c2ccc(C(=O)NCCc3ccc(OC)c(OC)c3)cc2)cn1. The van der Waals surface area contributed by atoms with Gasteiger partial charge >= 0.3 is 5.97 Å². The lowest BCUT2D eigenvalue weighted by Crippen LogP contribution is -2.32. The number of methoxy groups -OCH3 is 2. The lowest BCUT2D eigenvalue weighted by Gasteiger charge is -2.10. The smallest absolute Gasteiger partial charge is 0.325 e. The van der Waals surface area contributed by atoms with E-state index in [0.29, 0.717) is 30.9 Å². The van der Waals surface area contributed by atoms with E-state index in [1.807, 2.05) is 23.8 Å². The second-order valence-electron chi connectivity index (χ2n) is 8.99. The van der Waals surface area contributed by atoms with E-state index in [1.54, 1.807) is 13.2 Å². The van der Waals surface area contributed by atoms with Gasteiger partial charge in [0, 0.05) is 18.3 Å². The predicted molar refractivity (Wildman–Crippen MR) is 154 cm³/mol. The molecular formula is C29H32N4O9S. The molecule has 0 atom stereocenters. The number of sulfonamides is 1. The number of nitrogens with zero attached hydrogens (tertiary/aromatic N) is 1. The minimum absolute atomic E-state index is 0.0831. The van der Waals surface area contributed by atoms with E-state index in [0.717, 1.165) is 11.8 Å². The molecule has 0 aliphatic carbocycles. The molecule has 228 valence electrons. The fourth-order valence-electron chi connectivity index (χ4n) is 3.66. The van der Waals surface area contributed by atoms with Gasteiger partial charge in [0.2, 0.25) is 0 Å². The average molecular weight is 613 g/mol. The van der Waals surface area contributed by atoms with Crippen LogP contribution in [0.4, 0.5) is 0 Å². The Bertz CT molecular complexity index is 1560. The zero-order chi connectivity index (χ0) is 31.4. The maximum absolute atomic E-state index is 12.7. The highest BCUT2D eigenvalue weighted by molar-refractivity contribution is 7.90. The summed E-state index contributed by atoms with van der Waals surface area (Å²) in [5.41, 5.74) is 0.954. The minimum atomic E-state index is -4.28. The van der Waals surface area contributed by atoms with Crippen molar-refractivity contribution in [3.05, 3.63) is 83.2 Å². The van der Waals surface area contributed by atoms with E-state index in [1.165, 1.54) is 43.5 Å². The van der Waals surface area contributed by atoms with Crippen LogP contribution in [0, 0.1) is 0 Å². The number of benzene rings is 2. The predicted octanol–water partition coefficient (Wildman–Crippen LogP) is 1.87. The van der Waals surface area contributed by atoms with Crippen LogP contribution in [-0.4, -0.2) is 71.0 Å². The third-order valence-electron chi connectivity index (χ3n) is 5.92. The van der Waals surface area contributed by atoms with E-state index in [2.05, 4.69) is 15.6 Å². The highest BCUT2D eigenvalue weighted by Gasteiger charge is 2.20. The van der Waals surface area contributed by atoms with Crippen molar-refractivity contribution in [2.75, 3.05) is 33.9 Å². The summed E-state index contributed by atoms with van der Waals surface area (Å²) in [5, 5.41) is 5.12. The van der Waals surface area contributed by atoms with E-state index in [-0.39, 0.29) is 34.9 Å². The zero-order valence-corrected chi connectivity index (χ0v) is 24.7. The van der Waals surface area contributed by atoms with Crippen molar-refractivity contribution in [3.8, 4) is 11.5 Å². The van der Waals surface area contributed by atoms with Crippen molar-refractivity contribution in [2.24, 2.45) is 0 Å². The van der Waals surface area contributed by atoms with Crippen LogP contribution in [0.25, 0.3) is 0 Å². The van der Waals surface area contributed by atoms with Gasteiger partial charge in [0.05, 0.1) is 31.3 Å². The Kier molecular flexibility index (Phi) is 11.6. The Morgan fingerprint density at radius 1 is 0.814 bits per heavy atom.